The molecule has 6 N–H and O–H groups in total. The van der Waals surface area contributed by atoms with E-state index in [4.69, 9.17) is 39.7 Å². The van der Waals surface area contributed by atoms with Gasteiger partial charge in [0, 0.05) is 18.4 Å². The van der Waals surface area contributed by atoms with E-state index in [1.165, 1.54) is 0 Å². The number of aromatic nitrogens is 4. The standard InChI is InChI=1S/C25H21Cl2N7O/c1-12(8-13-9-14(28)11-15(29)10-13)23-30-18-6-7-19-22(20(18)24(35)33-23)34(2)25(31-19)32-21-16(26)4-3-5-17(21)27/h3-11H,28-29H2,1-2H3,(H,31,32)(H,30,33,35). The lowest BCUT2D eigenvalue weighted by molar-refractivity contribution is 0.960. The van der Waals surface area contributed by atoms with E-state index < -0.39 is 0 Å². The molecule has 0 bridgehead atoms. The van der Waals surface area contributed by atoms with Gasteiger partial charge in [-0.05, 0) is 66.6 Å². The van der Waals surface area contributed by atoms with Crippen LogP contribution in [0.15, 0.2) is 53.3 Å². The molecule has 3 aromatic carbocycles. The average molecular weight is 506 g/mol. The number of rotatable bonds is 4. The van der Waals surface area contributed by atoms with Gasteiger partial charge >= 0.3 is 0 Å². The molecule has 0 amide bonds. The van der Waals surface area contributed by atoms with Crippen molar-refractivity contribution >= 4 is 79.8 Å². The molecule has 0 spiro atoms. The van der Waals surface area contributed by atoms with Gasteiger partial charge in [0.25, 0.3) is 5.56 Å². The zero-order chi connectivity index (χ0) is 24.9. The number of hydrogen-bond acceptors (Lipinski definition) is 6. The minimum atomic E-state index is -0.277. The number of aryl methyl sites for hydroxylation is 1. The molecule has 0 saturated heterocycles. The van der Waals surface area contributed by atoms with Gasteiger partial charge in [-0.15, -0.1) is 0 Å². The molecule has 0 unspecified atom stereocenters. The van der Waals surface area contributed by atoms with Gasteiger partial charge in [0.2, 0.25) is 5.95 Å². The van der Waals surface area contributed by atoms with Crippen LogP contribution in [-0.4, -0.2) is 19.5 Å². The number of imidazole rings is 1. The number of nitrogens with zero attached hydrogens (tertiary/aromatic N) is 3. The first kappa shape index (κ1) is 22.8. The molecular weight excluding hydrogens is 485 g/mol. The van der Waals surface area contributed by atoms with E-state index in [0.717, 1.165) is 11.1 Å². The summed E-state index contributed by atoms with van der Waals surface area (Å²) in [6.45, 7) is 1.86. The Hall–Kier alpha value is -4.01. The Morgan fingerprint density at radius 2 is 1.69 bits per heavy atom. The number of H-pyrrole nitrogens is 1. The van der Waals surface area contributed by atoms with E-state index >= 15 is 0 Å². The number of aromatic amines is 1. The molecule has 8 nitrogen and oxygen atoms in total. The summed E-state index contributed by atoms with van der Waals surface area (Å²) in [5.41, 5.74) is 16.6. The van der Waals surface area contributed by atoms with Crippen LogP contribution < -0.4 is 22.3 Å². The molecule has 2 heterocycles. The van der Waals surface area contributed by atoms with Crippen LogP contribution >= 0.6 is 23.2 Å². The van der Waals surface area contributed by atoms with Crippen LogP contribution in [0.4, 0.5) is 23.0 Å². The highest BCUT2D eigenvalue weighted by Gasteiger charge is 2.17. The number of benzene rings is 3. The fourth-order valence-electron chi connectivity index (χ4n) is 4.06. The summed E-state index contributed by atoms with van der Waals surface area (Å²) in [6.07, 6.45) is 1.87. The number of para-hydroxylation sites is 1. The van der Waals surface area contributed by atoms with E-state index in [-0.39, 0.29) is 5.56 Å². The smallest absolute Gasteiger partial charge is 0.261 e. The summed E-state index contributed by atoms with van der Waals surface area (Å²) in [7, 11) is 1.81. The van der Waals surface area contributed by atoms with E-state index in [1.54, 1.807) is 47.0 Å². The van der Waals surface area contributed by atoms with Crippen LogP contribution in [0.25, 0.3) is 33.6 Å². The molecule has 10 heteroatoms. The van der Waals surface area contributed by atoms with E-state index in [2.05, 4.69) is 15.3 Å². The zero-order valence-electron chi connectivity index (χ0n) is 18.9. The van der Waals surface area contributed by atoms with Gasteiger partial charge in [-0.25, -0.2) is 9.97 Å². The minimum Gasteiger partial charge on any atom is -0.399 e. The molecule has 0 aliphatic rings. The largest absolute Gasteiger partial charge is 0.399 e. The summed E-state index contributed by atoms with van der Waals surface area (Å²) < 4.78 is 1.78. The van der Waals surface area contributed by atoms with Crippen LogP contribution in [0, 0.1) is 0 Å². The Morgan fingerprint density at radius 1 is 1.03 bits per heavy atom. The monoisotopic (exact) mass is 505 g/mol. The van der Waals surface area contributed by atoms with Gasteiger partial charge < -0.3 is 26.3 Å². The normalized spacial score (nSPS) is 11.9. The number of anilines is 4. The van der Waals surface area contributed by atoms with Gasteiger partial charge in [0.1, 0.15) is 5.82 Å². The van der Waals surface area contributed by atoms with Crippen LogP contribution in [0.3, 0.4) is 0 Å². The molecule has 2 aromatic heterocycles. The van der Waals surface area contributed by atoms with Crippen molar-refractivity contribution in [3.05, 3.63) is 80.3 Å². The topological polar surface area (TPSA) is 128 Å². The molecule has 0 fully saturated rings. The molecule has 35 heavy (non-hydrogen) atoms. The molecule has 176 valence electrons. The highest BCUT2D eigenvalue weighted by Crippen LogP contribution is 2.34. The summed E-state index contributed by atoms with van der Waals surface area (Å²) >= 11 is 12.6. The molecule has 0 aliphatic heterocycles. The third-order valence-corrected chi connectivity index (χ3v) is 6.29. The number of hydrogen-bond donors (Lipinski definition) is 4. The molecule has 5 rings (SSSR count). The van der Waals surface area contributed by atoms with Crippen LogP contribution in [-0.2, 0) is 7.05 Å². The number of nitrogen functional groups attached to an aromatic ring is 2. The number of fused-ring (bicyclic) bond motifs is 3. The molecule has 0 atom stereocenters. The van der Waals surface area contributed by atoms with Crippen molar-refractivity contribution in [3.8, 4) is 0 Å². The molecular formula is C25H21Cl2N7O. The predicted octanol–water partition coefficient (Wildman–Crippen LogP) is 5.59. The first-order valence-corrected chi connectivity index (χ1v) is 11.4. The Labute approximate surface area is 210 Å². The lowest BCUT2D eigenvalue weighted by atomic mass is 10.1. The maximum absolute atomic E-state index is 13.2. The van der Waals surface area contributed by atoms with Crippen molar-refractivity contribution in [2.24, 2.45) is 7.05 Å². The molecule has 0 radical (unpaired) electrons. The SMILES string of the molecule is CC(=Cc1cc(N)cc(N)c1)c1nc2ccc3nc(Nc4c(Cl)cccc4Cl)n(C)c3c2c(=O)[nH]1. The summed E-state index contributed by atoms with van der Waals surface area (Å²) in [5.74, 6) is 0.938. The quantitative estimate of drug-likeness (QED) is 0.236. The second kappa shape index (κ2) is 8.65. The second-order valence-electron chi connectivity index (χ2n) is 8.22. The third kappa shape index (κ3) is 4.18. The Kier molecular flexibility index (Phi) is 5.62. The highest BCUT2D eigenvalue weighted by atomic mass is 35.5. The van der Waals surface area contributed by atoms with Crippen LogP contribution in [0.1, 0.15) is 18.3 Å². The summed E-state index contributed by atoms with van der Waals surface area (Å²) in [6, 6.07) is 14.1. The molecule has 5 aromatic rings. The number of halogens is 2. The van der Waals surface area contributed by atoms with Gasteiger partial charge in [-0.3, -0.25) is 4.79 Å². The first-order chi connectivity index (χ1) is 16.7. The van der Waals surface area contributed by atoms with Gasteiger partial charge in [-0.1, -0.05) is 29.3 Å². The minimum absolute atomic E-state index is 0.277. The predicted molar refractivity (Wildman–Crippen MR) is 145 cm³/mol. The van der Waals surface area contributed by atoms with Crippen molar-refractivity contribution in [3.63, 3.8) is 0 Å². The van der Waals surface area contributed by atoms with Gasteiger partial charge in [0.15, 0.2) is 0 Å². The van der Waals surface area contributed by atoms with E-state index in [1.807, 2.05) is 26.1 Å². The Morgan fingerprint density at radius 3 is 2.37 bits per heavy atom. The van der Waals surface area contributed by atoms with Gasteiger partial charge in [0.05, 0.1) is 37.7 Å². The highest BCUT2D eigenvalue weighted by molar-refractivity contribution is 6.39. The first-order valence-electron chi connectivity index (χ1n) is 10.7. The average Bonchev–Trinajstić information content (AvgIpc) is 3.10. The maximum atomic E-state index is 13.2. The number of nitrogens with two attached hydrogens (primary N) is 2. The number of nitrogens with one attached hydrogen (secondary N) is 2. The van der Waals surface area contributed by atoms with E-state index in [9.17, 15) is 4.79 Å². The van der Waals surface area contributed by atoms with Gasteiger partial charge in [-0.2, -0.15) is 0 Å². The number of allylic oxidation sites excluding steroid dienone is 1. The lowest BCUT2D eigenvalue weighted by Gasteiger charge is -2.10. The van der Waals surface area contributed by atoms with Crippen molar-refractivity contribution < 1.29 is 0 Å². The molecule has 0 saturated carbocycles. The molecule has 0 aliphatic carbocycles. The van der Waals surface area contributed by atoms with Crippen molar-refractivity contribution in [2.75, 3.05) is 16.8 Å². The summed E-state index contributed by atoms with van der Waals surface area (Å²) in [4.78, 5) is 25.5. The fourth-order valence-corrected chi connectivity index (χ4v) is 4.55. The second-order valence-corrected chi connectivity index (χ2v) is 9.03. The fraction of sp³-hybridized carbons (Fsp3) is 0.0800. The maximum Gasteiger partial charge on any atom is 0.261 e. The lowest BCUT2D eigenvalue weighted by Crippen LogP contribution is -2.12. The Bertz CT molecular complexity index is 1680. The van der Waals surface area contributed by atoms with E-state index in [0.29, 0.717) is 60.8 Å². The van der Waals surface area contributed by atoms with Crippen molar-refractivity contribution in [2.45, 2.75) is 6.92 Å². The van der Waals surface area contributed by atoms with Crippen molar-refractivity contribution in [1.82, 2.24) is 19.5 Å². The summed E-state index contributed by atoms with van der Waals surface area (Å²) in [5, 5.41) is 4.53. The Balaban J connectivity index is 1.61. The van der Waals surface area contributed by atoms with Crippen molar-refractivity contribution in [1.29, 1.82) is 0 Å². The zero-order valence-corrected chi connectivity index (χ0v) is 20.4. The third-order valence-electron chi connectivity index (χ3n) is 5.66. The van der Waals surface area contributed by atoms with Crippen LogP contribution in [0.5, 0.6) is 0 Å². The van der Waals surface area contributed by atoms with Crippen LogP contribution in [0.2, 0.25) is 10.0 Å².